The first-order valence-electron chi connectivity index (χ1n) is 6.99. The summed E-state index contributed by atoms with van der Waals surface area (Å²) in [6.45, 7) is 2.20. The van der Waals surface area contributed by atoms with Crippen molar-refractivity contribution in [2.75, 3.05) is 33.4 Å². The Morgan fingerprint density at radius 1 is 1.05 bits per heavy atom. The van der Waals surface area contributed by atoms with Gasteiger partial charge in [0, 0.05) is 33.2 Å². The molecule has 1 aromatic rings. The highest BCUT2D eigenvalue weighted by atomic mass is 16.5. The zero-order valence-electron chi connectivity index (χ0n) is 12.4. The van der Waals surface area contributed by atoms with Crippen molar-refractivity contribution < 1.29 is 14.3 Å². The lowest BCUT2D eigenvalue weighted by Crippen LogP contribution is -2.36. The molecule has 3 N–H and O–H groups in total. The molecule has 0 saturated heterocycles. The van der Waals surface area contributed by atoms with E-state index >= 15 is 0 Å². The third-order valence-corrected chi connectivity index (χ3v) is 2.78. The fourth-order valence-corrected chi connectivity index (χ4v) is 1.64. The molecule has 0 aromatic heterocycles. The average Bonchev–Trinajstić information content (AvgIpc) is 2.51. The molecule has 0 fully saturated rings. The number of nitrogens with one attached hydrogen (secondary N) is 3. The number of carbonyl (C=O) groups excluding carboxylic acids is 2. The first kappa shape index (κ1) is 17.1. The lowest BCUT2D eigenvalue weighted by atomic mass is 10.2. The van der Waals surface area contributed by atoms with Crippen molar-refractivity contribution in [1.29, 1.82) is 0 Å². The van der Waals surface area contributed by atoms with Crippen molar-refractivity contribution in [3.05, 3.63) is 35.9 Å². The predicted molar refractivity (Wildman–Crippen MR) is 80.7 cm³/mol. The van der Waals surface area contributed by atoms with Crippen LogP contribution in [-0.2, 0) is 20.9 Å². The smallest absolute Gasteiger partial charge is 0.234 e. The van der Waals surface area contributed by atoms with Gasteiger partial charge >= 0.3 is 0 Å². The van der Waals surface area contributed by atoms with Crippen LogP contribution >= 0.6 is 0 Å². The van der Waals surface area contributed by atoms with Gasteiger partial charge < -0.3 is 20.7 Å². The van der Waals surface area contributed by atoms with E-state index in [1.807, 2.05) is 30.3 Å². The molecule has 21 heavy (non-hydrogen) atoms. The van der Waals surface area contributed by atoms with Crippen LogP contribution in [-0.4, -0.2) is 45.2 Å². The molecule has 0 unspecified atom stereocenters. The summed E-state index contributed by atoms with van der Waals surface area (Å²) in [5, 5.41) is 8.46. The van der Waals surface area contributed by atoms with Gasteiger partial charge in [0.15, 0.2) is 0 Å². The molecular weight excluding hydrogens is 270 g/mol. The van der Waals surface area contributed by atoms with Gasteiger partial charge in [-0.3, -0.25) is 9.59 Å². The molecule has 6 heteroatoms. The summed E-state index contributed by atoms with van der Waals surface area (Å²) in [5.74, 6) is -0.136. The molecule has 1 aromatic carbocycles. The Hall–Kier alpha value is -1.92. The Labute approximate surface area is 125 Å². The SMILES string of the molecule is COCCNC(=O)CCNCC(=O)NCc1ccccc1. The summed E-state index contributed by atoms with van der Waals surface area (Å²) in [7, 11) is 1.59. The number of amides is 2. The minimum absolute atomic E-state index is 0.0516. The number of methoxy groups -OCH3 is 1. The summed E-state index contributed by atoms with van der Waals surface area (Å²) in [5.41, 5.74) is 1.06. The zero-order valence-corrected chi connectivity index (χ0v) is 12.4. The highest BCUT2D eigenvalue weighted by Gasteiger charge is 2.03. The Balaban J connectivity index is 2.02. The minimum atomic E-state index is -0.0846. The van der Waals surface area contributed by atoms with Crippen LogP contribution in [0.25, 0.3) is 0 Å². The van der Waals surface area contributed by atoms with Crippen LogP contribution in [0.5, 0.6) is 0 Å². The lowest BCUT2D eigenvalue weighted by Gasteiger charge is -2.07. The first-order chi connectivity index (χ1) is 10.2. The van der Waals surface area contributed by atoms with Crippen LogP contribution in [0.4, 0.5) is 0 Å². The maximum absolute atomic E-state index is 11.6. The molecule has 0 bridgehead atoms. The van der Waals surface area contributed by atoms with Crippen LogP contribution in [0.15, 0.2) is 30.3 Å². The number of benzene rings is 1. The number of hydrogen-bond donors (Lipinski definition) is 3. The van der Waals surface area contributed by atoms with E-state index in [1.54, 1.807) is 7.11 Å². The molecule has 6 nitrogen and oxygen atoms in total. The van der Waals surface area contributed by atoms with Crippen molar-refractivity contribution >= 4 is 11.8 Å². The Kier molecular flexibility index (Phi) is 8.83. The van der Waals surface area contributed by atoms with Gasteiger partial charge in [0.2, 0.25) is 11.8 Å². The van der Waals surface area contributed by atoms with E-state index in [9.17, 15) is 9.59 Å². The summed E-state index contributed by atoms with van der Waals surface area (Å²) in [6.07, 6.45) is 0.343. The number of carbonyl (C=O) groups is 2. The summed E-state index contributed by atoms with van der Waals surface area (Å²) in [4.78, 5) is 22.9. The summed E-state index contributed by atoms with van der Waals surface area (Å²) >= 11 is 0. The van der Waals surface area contributed by atoms with Gasteiger partial charge in [0.25, 0.3) is 0 Å². The molecule has 1 rings (SSSR count). The van der Waals surface area contributed by atoms with Gasteiger partial charge in [-0.25, -0.2) is 0 Å². The van der Waals surface area contributed by atoms with E-state index in [0.717, 1.165) is 5.56 Å². The molecule has 0 aliphatic rings. The third kappa shape index (κ3) is 8.78. The first-order valence-corrected chi connectivity index (χ1v) is 6.99. The highest BCUT2D eigenvalue weighted by Crippen LogP contribution is 1.96. The second-order valence-corrected chi connectivity index (χ2v) is 4.53. The molecule has 0 radical (unpaired) electrons. The Morgan fingerprint density at radius 3 is 2.52 bits per heavy atom. The molecule has 0 aliphatic heterocycles. The normalized spacial score (nSPS) is 10.1. The minimum Gasteiger partial charge on any atom is -0.383 e. The monoisotopic (exact) mass is 293 g/mol. The molecular formula is C15H23N3O3. The van der Waals surface area contributed by atoms with Crippen molar-refractivity contribution in [3.8, 4) is 0 Å². The highest BCUT2D eigenvalue weighted by molar-refractivity contribution is 5.78. The fraction of sp³-hybridized carbons (Fsp3) is 0.467. The topological polar surface area (TPSA) is 79.5 Å². The Morgan fingerprint density at radius 2 is 1.81 bits per heavy atom. The fourth-order valence-electron chi connectivity index (χ4n) is 1.64. The maximum atomic E-state index is 11.6. The van der Waals surface area contributed by atoms with E-state index in [2.05, 4.69) is 16.0 Å². The standard InChI is InChI=1S/C15H23N3O3/c1-21-10-9-17-14(19)7-8-16-12-15(20)18-11-13-5-3-2-4-6-13/h2-6,16H,7-12H2,1H3,(H,17,19)(H,18,20). The molecule has 0 saturated carbocycles. The second kappa shape index (κ2) is 10.8. The number of rotatable bonds is 10. The lowest BCUT2D eigenvalue weighted by molar-refractivity contribution is -0.122. The van der Waals surface area contributed by atoms with Crippen molar-refractivity contribution in [2.45, 2.75) is 13.0 Å². The molecule has 0 spiro atoms. The van der Waals surface area contributed by atoms with Crippen LogP contribution in [0.1, 0.15) is 12.0 Å². The van der Waals surface area contributed by atoms with Crippen molar-refractivity contribution in [3.63, 3.8) is 0 Å². The summed E-state index contributed by atoms with van der Waals surface area (Å²) in [6, 6.07) is 9.71. The van der Waals surface area contributed by atoms with Gasteiger partial charge in [-0.15, -0.1) is 0 Å². The Bertz CT molecular complexity index is 423. The largest absolute Gasteiger partial charge is 0.383 e. The summed E-state index contributed by atoms with van der Waals surface area (Å²) < 4.78 is 4.83. The second-order valence-electron chi connectivity index (χ2n) is 4.53. The van der Waals surface area contributed by atoms with Gasteiger partial charge in [-0.1, -0.05) is 30.3 Å². The average molecular weight is 293 g/mol. The van der Waals surface area contributed by atoms with Gasteiger partial charge in [-0.05, 0) is 5.56 Å². The maximum Gasteiger partial charge on any atom is 0.234 e. The number of ether oxygens (including phenoxy) is 1. The van der Waals surface area contributed by atoms with Gasteiger partial charge in [0.05, 0.1) is 13.2 Å². The van der Waals surface area contributed by atoms with Gasteiger partial charge in [-0.2, -0.15) is 0 Å². The number of hydrogen-bond acceptors (Lipinski definition) is 4. The van der Waals surface area contributed by atoms with E-state index in [4.69, 9.17) is 4.74 Å². The quantitative estimate of drug-likeness (QED) is 0.532. The van der Waals surface area contributed by atoms with Gasteiger partial charge in [0.1, 0.15) is 0 Å². The van der Waals surface area contributed by atoms with Crippen LogP contribution in [0.3, 0.4) is 0 Å². The van der Waals surface area contributed by atoms with E-state index in [1.165, 1.54) is 0 Å². The van der Waals surface area contributed by atoms with E-state index in [-0.39, 0.29) is 18.4 Å². The third-order valence-electron chi connectivity index (χ3n) is 2.78. The van der Waals surface area contributed by atoms with E-state index < -0.39 is 0 Å². The van der Waals surface area contributed by atoms with Crippen LogP contribution in [0, 0.1) is 0 Å². The molecule has 2 amide bonds. The zero-order chi connectivity index (χ0) is 15.3. The predicted octanol–water partition coefficient (Wildman–Crippen LogP) is 0.0451. The van der Waals surface area contributed by atoms with E-state index in [0.29, 0.717) is 32.7 Å². The molecule has 0 atom stereocenters. The van der Waals surface area contributed by atoms with Crippen molar-refractivity contribution in [1.82, 2.24) is 16.0 Å². The molecule has 0 aliphatic carbocycles. The van der Waals surface area contributed by atoms with Crippen LogP contribution < -0.4 is 16.0 Å². The van der Waals surface area contributed by atoms with Crippen molar-refractivity contribution in [2.24, 2.45) is 0 Å². The molecule has 0 heterocycles. The van der Waals surface area contributed by atoms with Crippen LogP contribution in [0.2, 0.25) is 0 Å². The molecule has 116 valence electrons.